The molecule has 23 heavy (non-hydrogen) atoms. The third-order valence-electron chi connectivity index (χ3n) is 4.25. The van der Waals surface area contributed by atoms with E-state index in [1.807, 2.05) is 0 Å². The first kappa shape index (κ1) is 17.4. The second kappa shape index (κ2) is 8.06. The first-order valence-electron chi connectivity index (χ1n) is 7.93. The van der Waals surface area contributed by atoms with Crippen LogP contribution in [0.15, 0.2) is 12.1 Å². The average Bonchev–Trinajstić information content (AvgIpc) is 3.12. The van der Waals surface area contributed by atoms with Crippen molar-refractivity contribution in [3.63, 3.8) is 0 Å². The molecule has 0 aliphatic carbocycles. The Kier molecular flexibility index (Phi) is 6.10. The van der Waals surface area contributed by atoms with Gasteiger partial charge >= 0.3 is 0 Å². The highest BCUT2D eigenvalue weighted by atomic mass is 16.5. The molecule has 1 aromatic carbocycles. The molecular weight excluding hydrogens is 296 g/mol. The number of amides is 1. The van der Waals surface area contributed by atoms with Crippen molar-refractivity contribution in [3.8, 4) is 17.2 Å². The highest BCUT2D eigenvalue weighted by molar-refractivity contribution is 5.95. The van der Waals surface area contributed by atoms with Gasteiger partial charge in [-0.2, -0.15) is 0 Å². The lowest BCUT2D eigenvalue weighted by Crippen LogP contribution is -2.40. The summed E-state index contributed by atoms with van der Waals surface area (Å²) in [7, 11) is 4.61. The molecule has 0 spiro atoms. The summed E-state index contributed by atoms with van der Waals surface area (Å²) in [6.45, 7) is 4.98. The van der Waals surface area contributed by atoms with E-state index < -0.39 is 0 Å². The molecule has 1 N–H and O–H groups in total. The van der Waals surface area contributed by atoms with Gasteiger partial charge in [-0.15, -0.1) is 0 Å². The Balaban J connectivity index is 2.06. The van der Waals surface area contributed by atoms with E-state index in [2.05, 4.69) is 17.1 Å². The number of carbonyl (C=O) groups is 1. The highest BCUT2D eigenvalue weighted by Crippen LogP contribution is 2.38. The second-order valence-electron chi connectivity index (χ2n) is 5.72. The van der Waals surface area contributed by atoms with Crippen LogP contribution in [-0.4, -0.2) is 57.8 Å². The van der Waals surface area contributed by atoms with Crippen LogP contribution in [0.2, 0.25) is 0 Å². The number of methoxy groups -OCH3 is 3. The van der Waals surface area contributed by atoms with Gasteiger partial charge < -0.3 is 19.5 Å². The summed E-state index contributed by atoms with van der Waals surface area (Å²) in [5.41, 5.74) is 0.494. The molecule has 1 heterocycles. The molecule has 0 radical (unpaired) electrons. The summed E-state index contributed by atoms with van der Waals surface area (Å²) in [6.07, 6.45) is 2.48. The average molecular weight is 322 g/mol. The third kappa shape index (κ3) is 4.07. The Bertz CT molecular complexity index is 516. The molecule has 1 saturated heterocycles. The van der Waals surface area contributed by atoms with Crippen molar-refractivity contribution in [3.05, 3.63) is 17.7 Å². The first-order chi connectivity index (χ1) is 11.1. The minimum Gasteiger partial charge on any atom is -0.493 e. The van der Waals surface area contributed by atoms with Crippen molar-refractivity contribution >= 4 is 5.91 Å². The number of likely N-dealkylation sites (tertiary alicyclic amines) is 1. The number of ether oxygens (including phenoxy) is 3. The molecule has 1 aromatic rings. The predicted octanol–water partition coefficient (Wildman–Crippen LogP) is 1.93. The smallest absolute Gasteiger partial charge is 0.251 e. The van der Waals surface area contributed by atoms with E-state index in [1.54, 1.807) is 12.1 Å². The molecule has 0 saturated carbocycles. The molecular formula is C17H26N2O4. The fourth-order valence-corrected chi connectivity index (χ4v) is 2.87. The summed E-state index contributed by atoms with van der Waals surface area (Å²) in [5.74, 6) is 1.29. The summed E-state index contributed by atoms with van der Waals surface area (Å²) < 4.78 is 15.8. The summed E-state index contributed by atoms with van der Waals surface area (Å²) in [6, 6.07) is 3.66. The number of nitrogens with one attached hydrogen (secondary N) is 1. The minimum atomic E-state index is -0.143. The Morgan fingerprint density at radius 1 is 1.13 bits per heavy atom. The fourth-order valence-electron chi connectivity index (χ4n) is 2.87. The van der Waals surface area contributed by atoms with Crippen molar-refractivity contribution in [2.75, 3.05) is 41.0 Å². The summed E-state index contributed by atoms with van der Waals surface area (Å²) in [4.78, 5) is 14.8. The van der Waals surface area contributed by atoms with E-state index in [9.17, 15) is 4.79 Å². The Labute approximate surface area is 137 Å². The van der Waals surface area contributed by atoms with Gasteiger partial charge in [-0.1, -0.05) is 0 Å². The van der Waals surface area contributed by atoms with Gasteiger partial charge in [0.2, 0.25) is 5.75 Å². The van der Waals surface area contributed by atoms with Gasteiger partial charge in [0.25, 0.3) is 5.91 Å². The largest absolute Gasteiger partial charge is 0.493 e. The van der Waals surface area contributed by atoms with Crippen molar-refractivity contribution in [2.45, 2.75) is 25.8 Å². The van der Waals surface area contributed by atoms with Gasteiger partial charge in [0.05, 0.1) is 21.3 Å². The Morgan fingerprint density at radius 3 is 2.17 bits per heavy atom. The molecule has 6 nitrogen and oxygen atoms in total. The maximum Gasteiger partial charge on any atom is 0.251 e. The van der Waals surface area contributed by atoms with Crippen LogP contribution < -0.4 is 19.5 Å². The molecule has 1 amide bonds. The molecule has 1 atom stereocenters. The van der Waals surface area contributed by atoms with E-state index in [4.69, 9.17) is 14.2 Å². The van der Waals surface area contributed by atoms with Crippen LogP contribution in [0.1, 0.15) is 30.1 Å². The van der Waals surface area contributed by atoms with Gasteiger partial charge in [-0.05, 0) is 45.0 Å². The molecule has 1 aliphatic heterocycles. The van der Waals surface area contributed by atoms with E-state index in [1.165, 1.54) is 34.2 Å². The number of benzene rings is 1. The maximum atomic E-state index is 12.4. The number of hydrogen-bond acceptors (Lipinski definition) is 5. The lowest BCUT2D eigenvalue weighted by Gasteiger charge is -2.24. The molecule has 0 aromatic heterocycles. The van der Waals surface area contributed by atoms with Gasteiger partial charge in [-0.25, -0.2) is 0 Å². The van der Waals surface area contributed by atoms with E-state index in [0.29, 0.717) is 35.4 Å². The molecule has 1 fully saturated rings. The Hall–Kier alpha value is -1.95. The van der Waals surface area contributed by atoms with Gasteiger partial charge in [-0.3, -0.25) is 9.69 Å². The van der Waals surface area contributed by atoms with E-state index >= 15 is 0 Å². The van der Waals surface area contributed by atoms with Crippen LogP contribution in [0, 0.1) is 0 Å². The van der Waals surface area contributed by atoms with Crippen molar-refractivity contribution in [1.29, 1.82) is 0 Å². The zero-order chi connectivity index (χ0) is 16.8. The van der Waals surface area contributed by atoms with Crippen molar-refractivity contribution < 1.29 is 19.0 Å². The van der Waals surface area contributed by atoms with Gasteiger partial charge in [0.15, 0.2) is 11.5 Å². The monoisotopic (exact) mass is 322 g/mol. The number of hydrogen-bond donors (Lipinski definition) is 1. The van der Waals surface area contributed by atoms with Gasteiger partial charge in [0, 0.05) is 18.2 Å². The standard InChI is InChI=1S/C17H26N2O4/c1-12(19-7-5-6-8-19)11-18-17(20)13-9-14(21-2)16(23-4)15(10-13)22-3/h9-10,12H,5-8,11H2,1-4H3,(H,18,20). The molecule has 1 unspecified atom stereocenters. The van der Waals surface area contributed by atoms with Crippen LogP contribution >= 0.6 is 0 Å². The van der Waals surface area contributed by atoms with Crippen molar-refractivity contribution in [1.82, 2.24) is 10.2 Å². The molecule has 6 heteroatoms. The molecule has 2 rings (SSSR count). The van der Waals surface area contributed by atoms with Crippen LogP contribution in [0.3, 0.4) is 0 Å². The SMILES string of the molecule is COc1cc(C(=O)NCC(C)N2CCCC2)cc(OC)c1OC. The maximum absolute atomic E-state index is 12.4. The van der Waals surface area contributed by atoms with E-state index in [0.717, 1.165) is 13.1 Å². The fraction of sp³-hybridized carbons (Fsp3) is 0.588. The van der Waals surface area contributed by atoms with Crippen molar-refractivity contribution in [2.24, 2.45) is 0 Å². The lowest BCUT2D eigenvalue weighted by atomic mass is 10.1. The first-order valence-corrected chi connectivity index (χ1v) is 7.93. The van der Waals surface area contributed by atoms with Crippen LogP contribution in [0.5, 0.6) is 17.2 Å². The predicted molar refractivity (Wildman–Crippen MR) is 88.7 cm³/mol. The zero-order valence-electron chi connectivity index (χ0n) is 14.3. The van der Waals surface area contributed by atoms with Gasteiger partial charge in [0.1, 0.15) is 0 Å². The lowest BCUT2D eigenvalue weighted by molar-refractivity contribution is 0.0939. The minimum absolute atomic E-state index is 0.143. The molecule has 128 valence electrons. The summed E-state index contributed by atoms with van der Waals surface area (Å²) in [5, 5.41) is 2.98. The summed E-state index contributed by atoms with van der Waals surface area (Å²) >= 11 is 0. The quantitative estimate of drug-likeness (QED) is 0.831. The number of nitrogens with zero attached hydrogens (tertiary/aromatic N) is 1. The number of rotatable bonds is 7. The topological polar surface area (TPSA) is 60.0 Å². The number of carbonyl (C=O) groups excluding carboxylic acids is 1. The highest BCUT2D eigenvalue weighted by Gasteiger charge is 2.20. The third-order valence-corrected chi connectivity index (χ3v) is 4.25. The van der Waals surface area contributed by atoms with Crippen LogP contribution in [0.25, 0.3) is 0 Å². The molecule has 1 aliphatic rings. The zero-order valence-corrected chi connectivity index (χ0v) is 14.3. The second-order valence-corrected chi connectivity index (χ2v) is 5.72. The normalized spacial score (nSPS) is 16.0. The van der Waals surface area contributed by atoms with E-state index in [-0.39, 0.29) is 5.91 Å². The van der Waals surface area contributed by atoms with Crippen LogP contribution in [0.4, 0.5) is 0 Å². The van der Waals surface area contributed by atoms with Crippen LogP contribution in [-0.2, 0) is 0 Å². The Morgan fingerprint density at radius 2 is 1.70 bits per heavy atom. The molecule has 0 bridgehead atoms.